The largest absolute Gasteiger partial charge is 0.452 e. The lowest BCUT2D eigenvalue weighted by Crippen LogP contribution is -2.32. The number of nitrogens with zero attached hydrogens (tertiary/aromatic N) is 1. The molecule has 20 heavy (non-hydrogen) atoms. The summed E-state index contributed by atoms with van der Waals surface area (Å²) in [6.07, 6.45) is -0.460. The van der Waals surface area contributed by atoms with Gasteiger partial charge in [-0.3, -0.25) is 5.73 Å². The molecule has 0 radical (unpaired) electrons. The van der Waals surface area contributed by atoms with E-state index in [0.29, 0.717) is 0 Å². The summed E-state index contributed by atoms with van der Waals surface area (Å²) < 4.78 is 5.96. The van der Waals surface area contributed by atoms with Crippen molar-refractivity contribution in [2.75, 3.05) is 5.32 Å². The summed E-state index contributed by atoms with van der Waals surface area (Å²) in [5.74, 6) is 0.749. The Kier molecular flexibility index (Phi) is 2.37. The monoisotopic (exact) mass is 263 g/mol. The lowest BCUT2D eigenvalue weighted by Gasteiger charge is -2.19. The topological polar surface area (TPSA) is 63.5 Å². The van der Waals surface area contributed by atoms with Crippen molar-refractivity contribution in [2.24, 2.45) is 10.7 Å². The third-order valence-corrected chi connectivity index (χ3v) is 3.42. The van der Waals surface area contributed by atoms with Gasteiger partial charge in [-0.2, -0.15) is 0 Å². The molecular formula is C16H13N3O. The molecule has 1 unspecified atom stereocenters. The number of aliphatic imine (C=N–C) groups is 1. The van der Waals surface area contributed by atoms with Gasteiger partial charge in [-0.1, -0.05) is 42.5 Å². The van der Waals surface area contributed by atoms with E-state index >= 15 is 0 Å². The maximum absolute atomic E-state index is 5.99. The highest BCUT2D eigenvalue weighted by atomic mass is 16.3. The van der Waals surface area contributed by atoms with Crippen molar-refractivity contribution in [1.82, 2.24) is 0 Å². The second-order valence-electron chi connectivity index (χ2n) is 4.74. The molecule has 3 N–H and O–H groups in total. The number of hydrogen-bond acceptors (Lipinski definition) is 4. The Bertz CT molecular complexity index is 805. The smallest absolute Gasteiger partial charge is 0.177 e. The summed E-state index contributed by atoms with van der Waals surface area (Å²) in [7, 11) is 0. The molecule has 1 atom stereocenters. The quantitative estimate of drug-likeness (QED) is 0.709. The van der Waals surface area contributed by atoms with Crippen LogP contribution in [0.3, 0.4) is 0 Å². The van der Waals surface area contributed by atoms with Crippen LogP contribution in [0.25, 0.3) is 11.0 Å². The van der Waals surface area contributed by atoms with Crippen molar-refractivity contribution in [3.05, 3.63) is 65.9 Å². The molecular weight excluding hydrogens is 250 g/mol. The molecule has 4 heteroatoms. The fourth-order valence-electron chi connectivity index (χ4n) is 2.54. The van der Waals surface area contributed by atoms with E-state index in [2.05, 4.69) is 10.3 Å². The van der Waals surface area contributed by atoms with E-state index in [4.69, 9.17) is 10.2 Å². The van der Waals surface area contributed by atoms with Gasteiger partial charge in [0, 0.05) is 10.9 Å². The molecule has 98 valence electrons. The van der Waals surface area contributed by atoms with Crippen molar-refractivity contribution in [3.8, 4) is 0 Å². The highest BCUT2D eigenvalue weighted by molar-refractivity contribution is 6.18. The number of hydrogen-bond donors (Lipinski definition) is 2. The molecule has 0 fully saturated rings. The summed E-state index contributed by atoms with van der Waals surface area (Å²) >= 11 is 0. The Morgan fingerprint density at radius 1 is 1.00 bits per heavy atom. The minimum absolute atomic E-state index is 0.460. The lowest BCUT2D eigenvalue weighted by atomic mass is 10.0. The molecule has 0 saturated carbocycles. The van der Waals surface area contributed by atoms with Gasteiger partial charge in [0.05, 0.1) is 5.69 Å². The number of anilines is 1. The van der Waals surface area contributed by atoms with E-state index in [9.17, 15) is 0 Å². The molecule has 1 aliphatic heterocycles. The average Bonchev–Trinajstić information content (AvgIpc) is 2.86. The molecule has 3 aromatic rings. The zero-order chi connectivity index (χ0) is 13.5. The van der Waals surface area contributed by atoms with E-state index in [1.54, 1.807) is 0 Å². The van der Waals surface area contributed by atoms with Crippen molar-refractivity contribution >= 4 is 22.4 Å². The summed E-state index contributed by atoms with van der Waals surface area (Å²) in [5.41, 5.74) is 9.54. The Labute approximate surface area is 115 Å². The van der Waals surface area contributed by atoms with Gasteiger partial charge < -0.3 is 9.73 Å². The molecule has 2 heterocycles. The van der Waals surface area contributed by atoms with E-state index in [0.717, 1.165) is 33.7 Å². The number of furan rings is 1. The Balaban J connectivity index is 1.98. The number of nitrogens with two attached hydrogens (primary N) is 1. The van der Waals surface area contributed by atoms with Crippen LogP contribution in [0.15, 0.2) is 64.0 Å². The maximum atomic E-state index is 5.99. The van der Waals surface area contributed by atoms with Gasteiger partial charge in [0.15, 0.2) is 12.0 Å². The normalized spacial score (nSPS) is 17.4. The molecule has 1 aliphatic rings. The average molecular weight is 263 g/mol. The van der Waals surface area contributed by atoms with Gasteiger partial charge in [0.1, 0.15) is 11.3 Å². The van der Waals surface area contributed by atoms with Crippen molar-refractivity contribution < 1.29 is 4.42 Å². The third kappa shape index (κ3) is 1.62. The summed E-state index contributed by atoms with van der Waals surface area (Å²) in [5, 5.41) is 4.21. The van der Waals surface area contributed by atoms with Crippen LogP contribution >= 0.6 is 0 Å². The number of benzene rings is 2. The van der Waals surface area contributed by atoms with Crippen LogP contribution in [0, 0.1) is 0 Å². The summed E-state index contributed by atoms with van der Waals surface area (Å²) in [6, 6.07) is 17.9. The van der Waals surface area contributed by atoms with Gasteiger partial charge in [-0.15, -0.1) is 0 Å². The van der Waals surface area contributed by atoms with Crippen LogP contribution < -0.4 is 11.1 Å². The Hall–Kier alpha value is -2.59. The van der Waals surface area contributed by atoms with Gasteiger partial charge in [-0.25, -0.2) is 4.99 Å². The van der Waals surface area contributed by atoms with Gasteiger partial charge in [-0.05, 0) is 12.1 Å². The maximum Gasteiger partial charge on any atom is 0.177 e. The van der Waals surface area contributed by atoms with Crippen LogP contribution in [0.1, 0.15) is 11.3 Å². The highest BCUT2D eigenvalue weighted by Gasteiger charge is 2.25. The fourth-order valence-corrected chi connectivity index (χ4v) is 2.54. The van der Waals surface area contributed by atoms with Crippen LogP contribution in [0.4, 0.5) is 5.69 Å². The minimum atomic E-state index is -0.460. The van der Waals surface area contributed by atoms with Gasteiger partial charge >= 0.3 is 0 Å². The molecule has 4 rings (SSSR count). The molecule has 1 aromatic heterocycles. The second-order valence-corrected chi connectivity index (χ2v) is 4.74. The second kappa shape index (κ2) is 4.21. The number of rotatable bonds is 1. The fraction of sp³-hybridized carbons (Fsp3) is 0.0625. The number of nitrogens with one attached hydrogen (secondary N) is 1. The molecule has 4 nitrogen and oxygen atoms in total. The Morgan fingerprint density at radius 3 is 2.60 bits per heavy atom. The molecule has 0 spiro atoms. The molecule has 0 bridgehead atoms. The van der Waals surface area contributed by atoms with Gasteiger partial charge in [0.2, 0.25) is 0 Å². The summed E-state index contributed by atoms with van der Waals surface area (Å²) in [4.78, 5) is 4.48. The van der Waals surface area contributed by atoms with E-state index in [1.807, 2.05) is 54.6 Å². The number of fused-ring (bicyclic) bond motifs is 3. The highest BCUT2D eigenvalue weighted by Crippen LogP contribution is 2.35. The first-order valence-electron chi connectivity index (χ1n) is 6.50. The Morgan fingerprint density at radius 2 is 1.75 bits per heavy atom. The van der Waals surface area contributed by atoms with Crippen LogP contribution in [0.5, 0.6) is 0 Å². The first-order chi connectivity index (χ1) is 9.83. The summed E-state index contributed by atoms with van der Waals surface area (Å²) in [6.45, 7) is 0. The first-order valence-corrected chi connectivity index (χ1v) is 6.50. The van der Waals surface area contributed by atoms with Crippen LogP contribution in [-0.4, -0.2) is 12.0 Å². The zero-order valence-electron chi connectivity index (χ0n) is 10.7. The van der Waals surface area contributed by atoms with E-state index in [-0.39, 0.29) is 0 Å². The molecule has 0 saturated heterocycles. The van der Waals surface area contributed by atoms with Crippen LogP contribution in [0.2, 0.25) is 0 Å². The predicted molar refractivity (Wildman–Crippen MR) is 79.9 cm³/mol. The first kappa shape index (κ1) is 11.3. The molecule has 0 amide bonds. The standard InChI is InChI=1S/C16H13N3O/c17-16-18-13(10-6-2-1-3-7-10)15-14(19-16)11-8-4-5-9-12(11)20-15/h1-9,16,19H,17H2. The SMILES string of the molecule is NC1N=C(c2ccccc2)c2oc3ccccc3c2N1. The minimum Gasteiger partial charge on any atom is -0.452 e. The molecule has 0 aliphatic carbocycles. The van der Waals surface area contributed by atoms with Crippen molar-refractivity contribution in [3.63, 3.8) is 0 Å². The van der Waals surface area contributed by atoms with Crippen molar-refractivity contribution in [2.45, 2.75) is 6.29 Å². The van der Waals surface area contributed by atoms with Gasteiger partial charge in [0.25, 0.3) is 0 Å². The van der Waals surface area contributed by atoms with E-state index in [1.165, 1.54) is 0 Å². The lowest BCUT2D eigenvalue weighted by molar-refractivity contribution is 0.599. The number of para-hydroxylation sites is 1. The molecule has 2 aromatic carbocycles. The van der Waals surface area contributed by atoms with Crippen molar-refractivity contribution in [1.29, 1.82) is 0 Å². The third-order valence-electron chi connectivity index (χ3n) is 3.42. The van der Waals surface area contributed by atoms with E-state index < -0.39 is 6.29 Å². The predicted octanol–water partition coefficient (Wildman–Crippen LogP) is 2.94. The zero-order valence-corrected chi connectivity index (χ0v) is 10.7. The van der Waals surface area contributed by atoms with Crippen LogP contribution in [-0.2, 0) is 0 Å².